The average molecular weight is 264 g/mol. The minimum absolute atomic E-state index is 0.105. The van der Waals surface area contributed by atoms with Crippen molar-refractivity contribution in [3.8, 4) is 0 Å². The number of nitro benzene ring substituents is 1. The molecule has 1 aliphatic rings. The molecule has 0 spiro atoms. The van der Waals surface area contributed by atoms with Gasteiger partial charge in [-0.1, -0.05) is 19.1 Å². The molecule has 18 heavy (non-hydrogen) atoms. The van der Waals surface area contributed by atoms with Gasteiger partial charge in [0.15, 0.2) is 0 Å². The summed E-state index contributed by atoms with van der Waals surface area (Å²) in [5, 5.41) is 10.6. The molecule has 0 bridgehead atoms. The van der Waals surface area contributed by atoms with Gasteiger partial charge in [0.2, 0.25) is 0 Å². The van der Waals surface area contributed by atoms with Gasteiger partial charge >= 0.3 is 0 Å². The molecule has 1 atom stereocenters. The molecule has 2 rings (SSSR count). The van der Waals surface area contributed by atoms with Crippen molar-refractivity contribution in [3.63, 3.8) is 0 Å². The van der Waals surface area contributed by atoms with Gasteiger partial charge in [0.1, 0.15) is 4.99 Å². The van der Waals surface area contributed by atoms with Gasteiger partial charge in [-0.25, -0.2) is 0 Å². The zero-order valence-corrected chi connectivity index (χ0v) is 11.2. The van der Waals surface area contributed by atoms with Gasteiger partial charge in [-0.2, -0.15) is 0 Å². The van der Waals surface area contributed by atoms with Crippen molar-refractivity contribution in [2.75, 3.05) is 13.1 Å². The second-order valence-electron chi connectivity index (χ2n) is 4.80. The van der Waals surface area contributed by atoms with E-state index in [1.165, 1.54) is 18.6 Å². The van der Waals surface area contributed by atoms with E-state index < -0.39 is 4.92 Å². The van der Waals surface area contributed by atoms with E-state index >= 15 is 0 Å². The number of nitrogens with zero attached hydrogens (tertiary/aromatic N) is 2. The van der Waals surface area contributed by atoms with E-state index in [1.54, 1.807) is 12.1 Å². The Morgan fingerprint density at radius 2 is 2.11 bits per heavy atom. The second-order valence-corrected chi connectivity index (χ2v) is 5.19. The number of rotatable bonds is 2. The van der Waals surface area contributed by atoms with Crippen LogP contribution in [0.2, 0.25) is 0 Å². The van der Waals surface area contributed by atoms with E-state index in [1.807, 2.05) is 0 Å². The highest BCUT2D eigenvalue weighted by Crippen LogP contribution is 2.20. The maximum absolute atomic E-state index is 10.6. The van der Waals surface area contributed by atoms with E-state index in [0.29, 0.717) is 5.92 Å². The third kappa shape index (κ3) is 2.85. The first-order valence-electron chi connectivity index (χ1n) is 6.11. The minimum Gasteiger partial charge on any atom is -0.362 e. The molecular weight excluding hydrogens is 248 g/mol. The summed E-state index contributed by atoms with van der Waals surface area (Å²) >= 11 is 5.46. The van der Waals surface area contributed by atoms with Crippen LogP contribution in [0.3, 0.4) is 0 Å². The van der Waals surface area contributed by atoms with E-state index in [4.69, 9.17) is 12.2 Å². The Hall–Kier alpha value is -1.49. The van der Waals surface area contributed by atoms with Crippen LogP contribution in [0, 0.1) is 16.0 Å². The number of benzene rings is 1. The molecule has 0 radical (unpaired) electrons. The summed E-state index contributed by atoms with van der Waals surface area (Å²) in [4.78, 5) is 13.2. The molecule has 1 unspecified atom stereocenters. The molecular formula is C13H16N2O2S. The number of hydrogen-bond acceptors (Lipinski definition) is 3. The Kier molecular flexibility index (Phi) is 3.91. The summed E-state index contributed by atoms with van der Waals surface area (Å²) in [7, 11) is 0. The molecule has 1 heterocycles. The van der Waals surface area contributed by atoms with Crippen molar-refractivity contribution in [1.29, 1.82) is 0 Å². The van der Waals surface area contributed by atoms with Crippen LogP contribution in [0.15, 0.2) is 24.3 Å². The van der Waals surface area contributed by atoms with Gasteiger partial charge < -0.3 is 4.90 Å². The van der Waals surface area contributed by atoms with Crippen LogP contribution in [-0.4, -0.2) is 27.9 Å². The average Bonchev–Trinajstić information content (AvgIpc) is 2.38. The van der Waals surface area contributed by atoms with Crippen molar-refractivity contribution in [2.45, 2.75) is 19.8 Å². The van der Waals surface area contributed by atoms with Crippen LogP contribution in [0.5, 0.6) is 0 Å². The molecule has 1 aromatic rings. The summed E-state index contributed by atoms with van der Waals surface area (Å²) in [6.45, 7) is 4.20. The van der Waals surface area contributed by atoms with Crippen LogP contribution in [0.4, 0.5) is 5.69 Å². The third-order valence-electron chi connectivity index (χ3n) is 3.27. The maximum Gasteiger partial charge on any atom is 0.269 e. The standard InChI is InChI=1S/C13H16N2O2S/c1-10-3-2-8-14(9-10)13(18)11-4-6-12(7-5-11)15(16)17/h4-7,10H,2-3,8-9H2,1H3. The lowest BCUT2D eigenvalue weighted by molar-refractivity contribution is -0.384. The molecule has 0 aliphatic carbocycles. The molecule has 0 amide bonds. The predicted octanol–water partition coefficient (Wildman–Crippen LogP) is 3.00. The van der Waals surface area contributed by atoms with Gasteiger partial charge in [-0.15, -0.1) is 0 Å². The first-order valence-corrected chi connectivity index (χ1v) is 6.52. The molecule has 1 fully saturated rings. The summed E-state index contributed by atoms with van der Waals surface area (Å²) in [5.41, 5.74) is 0.998. The minimum atomic E-state index is -0.393. The fraction of sp³-hybridized carbons (Fsp3) is 0.462. The monoisotopic (exact) mass is 264 g/mol. The molecule has 0 saturated carbocycles. The topological polar surface area (TPSA) is 46.4 Å². The summed E-state index contributed by atoms with van der Waals surface area (Å²) < 4.78 is 0. The SMILES string of the molecule is CC1CCCN(C(=S)c2ccc([N+](=O)[O-])cc2)C1. The maximum atomic E-state index is 10.6. The van der Waals surface area contributed by atoms with Crippen LogP contribution in [0.1, 0.15) is 25.3 Å². The Bertz CT molecular complexity index is 459. The van der Waals surface area contributed by atoms with E-state index in [9.17, 15) is 10.1 Å². The van der Waals surface area contributed by atoms with Crippen LogP contribution >= 0.6 is 12.2 Å². The Balaban J connectivity index is 2.10. The van der Waals surface area contributed by atoms with Gasteiger partial charge in [-0.05, 0) is 30.9 Å². The number of likely N-dealkylation sites (tertiary alicyclic amines) is 1. The molecule has 5 heteroatoms. The summed E-state index contributed by atoms with van der Waals surface area (Å²) in [6.07, 6.45) is 2.41. The predicted molar refractivity (Wildman–Crippen MR) is 74.8 cm³/mol. The van der Waals surface area contributed by atoms with Crippen molar-refractivity contribution >= 4 is 22.9 Å². The number of hydrogen-bond donors (Lipinski definition) is 0. The third-order valence-corrected chi connectivity index (χ3v) is 3.76. The number of thiocarbonyl (C=S) groups is 1. The highest BCUT2D eigenvalue weighted by atomic mass is 32.1. The van der Waals surface area contributed by atoms with Crippen molar-refractivity contribution in [3.05, 3.63) is 39.9 Å². The first-order chi connectivity index (χ1) is 8.58. The van der Waals surface area contributed by atoms with Gasteiger partial charge in [0.25, 0.3) is 5.69 Å². The zero-order valence-electron chi connectivity index (χ0n) is 10.3. The van der Waals surface area contributed by atoms with Gasteiger partial charge in [-0.3, -0.25) is 10.1 Å². The highest BCUT2D eigenvalue weighted by Gasteiger charge is 2.19. The Morgan fingerprint density at radius 3 is 2.67 bits per heavy atom. The Morgan fingerprint density at radius 1 is 1.44 bits per heavy atom. The molecule has 96 valence electrons. The van der Waals surface area contributed by atoms with Crippen LogP contribution in [-0.2, 0) is 0 Å². The molecule has 1 aliphatic heterocycles. The Labute approximate surface area is 112 Å². The van der Waals surface area contributed by atoms with Gasteiger partial charge in [0.05, 0.1) is 4.92 Å². The van der Waals surface area contributed by atoms with E-state index in [2.05, 4.69) is 11.8 Å². The number of nitro groups is 1. The molecule has 4 nitrogen and oxygen atoms in total. The first kappa shape index (κ1) is 13.0. The summed E-state index contributed by atoms with van der Waals surface area (Å²) in [5.74, 6) is 0.662. The number of non-ortho nitro benzene ring substituents is 1. The van der Waals surface area contributed by atoms with Crippen molar-refractivity contribution in [2.24, 2.45) is 5.92 Å². The molecule has 0 N–H and O–H groups in total. The van der Waals surface area contributed by atoms with Gasteiger partial charge in [0, 0.05) is 30.8 Å². The van der Waals surface area contributed by atoms with Crippen molar-refractivity contribution in [1.82, 2.24) is 4.90 Å². The lowest BCUT2D eigenvalue weighted by Gasteiger charge is -2.33. The lowest BCUT2D eigenvalue weighted by atomic mass is 10.00. The normalized spacial score (nSPS) is 19.6. The van der Waals surface area contributed by atoms with Crippen molar-refractivity contribution < 1.29 is 4.92 Å². The lowest BCUT2D eigenvalue weighted by Crippen LogP contribution is -2.38. The fourth-order valence-electron chi connectivity index (χ4n) is 2.28. The molecule has 1 aromatic carbocycles. The largest absolute Gasteiger partial charge is 0.362 e. The smallest absolute Gasteiger partial charge is 0.269 e. The highest BCUT2D eigenvalue weighted by molar-refractivity contribution is 7.80. The second kappa shape index (κ2) is 5.44. The number of piperidine rings is 1. The van der Waals surface area contributed by atoms with E-state index in [0.717, 1.165) is 30.1 Å². The fourth-order valence-corrected chi connectivity index (χ4v) is 2.58. The quantitative estimate of drug-likeness (QED) is 0.468. The molecule has 0 aromatic heterocycles. The van der Waals surface area contributed by atoms with Crippen LogP contribution in [0.25, 0.3) is 0 Å². The zero-order chi connectivity index (χ0) is 13.1. The molecule has 1 saturated heterocycles. The van der Waals surface area contributed by atoms with E-state index in [-0.39, 0.29) is 5.69 Å². The van der Waals surface area contributed by atoms with Crippen LogP contribution < -0.4 is 0 Å². The summed E-state index contributed by atoms with van der Waals surface area (Å²) in [6, 6.07) is 6.49.